The molecule has 0 spiro atoms. The maximum atomic E-state index is 11.0. The van der Waals surface area contributed by atoms with Gasteiger partial charge in [0.1, 0.15) is 0 Å². The average molecular weight is 249 g/mol. The van der Waals surface area contributed by atoms with Crippen LogP contribution in [0.4, 0.5) is 5.69 Å². The topological polar surface area (TPSA) is 72.4 Å². The molecule has 98 valence electrons. The number of nitro benzene ring substituents is 1. The molecule has 1 saturated heterocycles. The first-order chi connectivity index (χ1) is 8.70. The summed E-state index contributed by atoms with van der Waals surface area (Å²) in [6, 6.07) is 5.52. The van der Waals surface area contributed by atoms with Crippen LogP contribution in [0.5, 0.6) is 0 Å². The van der Waals surface area contributed by atoms with E-state index in [9.17, 15) is 10.1 Å². The van der Waals surface area contributed by atoms with E-state index in [1.165, 1.54) is 12.8 Å². The van der Waals surface area contributed by atoms with E-state index in [-0.39, 0.29) is 10.6 Å². The zero-order valence-electron chi connectivity index (χ0n) is 10.5. The molecule has 1 aliphatic heterocycles. The van der Waals surface area contributed by atoms with Gasteiger partial charge in [0.05, 0.1) is 4.92 Å². The summed E-state index contributed by atoms with van der Waals surface area (Å²) in [5, 5.41) is 11.0. The van der Waals surface area contributed by atoms with E-state index in [4.69, 9.17) is 5.73 Å². The Bertz CT molecular complexity index is 428. The highest BCUT2D eigenvalue weighted by Gasteiger charge is 2.16. The lowest BCUT2D eigenvalue weighted by Crippen LogP contribution is -2.18. The van der Waals surface area contributed by atoms with E-state index in [1.807, 2.05) is 12.1 Å². The second-order valence-electron chi connectivity index (χ2n) is 4.74. The van der Waals surface area contributed by atoms with Crippen molar-refractivity contribution in [1.82, 2.24) is 4.90 Å². The van der Waals surface area contributed by atoms with Gasteiger partial charge in [-0.3, -0.25) is 15.0 Å². The Morgan fingerprint density at radius 3 is 2.67 bits per heavy atom. The SMILES string of the molecule is NCCc1ccc(CN2CCCC2)cc1[N+](=O)[O-]. The lowest BCUT2D eigenvalue weighted by atomic mass is 10.1. The van der Waals surface area contributed by atoms with Crippen LogP contribution in [-0.2, 0) is 13.0 Å². The number of hydrogen-bond donors (Lipinski definition) is 1. The van der Waals surface area contributed by atoms with Gasteiger partial charge in [0, 0.05) is 18.2 Å². The van der Waals surface area contributed by atoms with Crippen LogP contribution in [-0.4, -0.2) is 29.5 Å². The molecule has 5 heteroatoms. The van der Waals surface area contributed by atoms with Crippen LogP contribution in [0.1, 0.15) is 24.0 Å². The molecule has 0 unspecified atom stereocenters. The molecule has 0 saturated carbocycles. The number of likely N-dealkylation sites (tertiary alicyclic amines) is 1. The molecule has 18 heavy (non-hydrogen) atoms. The maximum absolute atomic E-state index is 11.0. The highest BCUT2D eigenvalue weighted by molar-refractivity contribution is 5.43. The van der Waals surface area contributed by atoms with Gasteiger partial charge in [0.25, 0.3) is 5.69 Å². The van der Waals surface area contributed by atoms with Crippen LogP contribution in [0.15, 0.2) is 18.2 Å². The molecular weight excluding hydrogens is 230 g/mol. The van der Waals surface area contributed by atoms with Gasteiger partial charge in [-0.2, -0.15) is 0 Å². The van der Waals surface area contributed by atoms with Gasteiger partial charge in [-0.25, -0.2) is 0 Å². The summed E-state index contributed by atoms with van der Waals surface area (Å²) in [5.41, 5.74) is 7.42. The summed E-state index contributed by atoms with van der Waals surface area (Å²) >= 11 is 0. The van der Waals surface area contributed by atoms with Crippen LogP contribution in [0.3, 0.4) is 0 Å². The Labute approximate surface area is 107 Å². The summed E-state index contributed by atoms with van der Waals surface area (Å²) in [4.78, 5) is 13.1. The zero-order chi connectivity index (χ0) is 13.0. The van der Waals surface area contributed by atoms with Crippen LogP contribution in [0.25, 0.3) is 0 Å². The molecule has 0 aromatic heterocycles. The van der Waals surface area contributed by atoms with E-state index in [0.29, 0.717) is 13.0 Å². The number of rotatable bonds is 5. The number of nitrogens with two attached hydrogens (primary N) is 1. The predicted molar refractivity (Wildman–Crippen MR) is 70.4 cm³/mol. The van der Waals surface area contributed by atoms with Crippen molar-refractivity contribution < 1.29 is 4.92 Å². The molecule has 1 aromatic rings. The van der Waals surface area contributed by atoms with Crippen molar-refractivity contribution >= 4 is 5.69 Å². The Hall–Kier alpha value is -1.46. The van der Waals surface area contributed by atoms with Crippen molar-refractivity contribution in [1.29, 1.82) is 0 Å². The van der Waals surface area contributed by atoms with E-state index in [1.54, 1.807) is 6.07 Å². The summed E-state index contributed by atoms with van der Waals surface area (Å²) in [7, 11) is 0. The van der Waals surface area contributed by atoms with Gasteiger partial charge in [-0.1, -0.05) is 12.1 Å². The normalized spacial score (nSPS) is 16.1. The molecule has 0 aliphatic carbocycles. The van der Waals surface area contributed by atoms with Gasteiger partial charge < -0.3 is 5.73 Å². The summed E-state index contributed by atoms with van der Waals surface area (Å²) in [5.74, 6) is 0. The second kappa shape index (κ2) is 5.93. The molecule has 0 radical (unpaired) electrons. The maximum Gasteiger partial charge on any atom is 0.272 e. The molecule has 1 aliphatic rings. The third-order valence-electron chi connectivity index (χ3n) is 3.36. The number of nitro groups is 1. The molecule has 2 N–H and O–H groups in total. The van der Waals surface area contributed by atoms with Gasteiger partial charge >= 0.3 is 0 Å². The van der Waals surface area contributed by atoms with E-state index in [0.717, 1.165) is 30.8 Å². The van der Waals surface area contributed by atoms with Gasteiger partial charge in [0.2, 0.25) is 0 Å². The fourth-order valence-electron chi connectivity index (χ4n) is 2.44. The minimum atomic E-state index is -0.307. The zero-order valence-corrected chi connectivity index (χ0v) is 10.5. The number of benzene rings is 1. The number of hydrogen-bond acceptors (Lipinski definition) is 4. The third kappa shape index (κ3) is 3.05. The average Bonchev–Trinajstić information content (AvgIpc) is 2.84. The number of nitrogens with zero attached hydrogens (tertiary/aromatic N) is 2. The molecule has 2 rings (SSSR count). The molecule has 0 bridgehead atoms. The Kier molecular flexibility index (Phi) is 4.28. The van der Waals surface area contributed by atoms with Gasteiger partial charge in [-0.15, -0.1) is 0 Å². The standard InChI is InChI=1S/C13H19N3O2/c14-6-5-12-4-3-11(9-13(12)16(17)18)10-15-7-1-2-8-15/h3-4,9H,1-2,5-8,10,14H2. The highest BCUT2D eigenvalue weighted by atomic mass is 16.6. The lowest BCUT2D eigenvalue weighted by molar-refractivity contribution is -0.385. The second-order valence-corrected chi connectivity index (χ2v) is 4.74. The molecule has 1 heterocycles. The van der Waals surface area contributed by atoms with E-state index < -0.39 is 0 Å². The van der Waals surface area contributed by atoms with E-state index in [2.05, 4.69) is 4.90 Å². The first-order valence-electron chi connectivity index (χ1n) is 6.39. The molecule has 1 fully saturated rings. The van der Waals surface area contributed by atoms with Crippen LogP contribution in [0.2, 0.25) is 0 Å². The minimum absolute atomic E-state index is 0.206. The predicted octanol–water partition coefficient (Wildman–Crippen LogP) is 1.69. The van der Waals surface area contributed by atoms with Crippen molar-refractivity contribution in [3.05, 3.63) is 39.4 Å². The van der Waals surface area contributed by atoms with Crippen LogP contribution in [0, 0.1) is 10.1 Å². The van der Waals surface area contributed by atoms with Crippen molar-refractivity contribution in [3.8, 4) is 0 Å². The Morgan fingerprint density at radius 1 is 1.33 bits per heavy atom. The largest absolute Gasteiger partial charge is 0.330 e. The lowest BCUT2D eigenvalue weighted by Gasteiger charge is -2.14. The highest BCUT2D eigenvalue weighted by Crippen LogP contribution is 2.22. The van der Waals surface area contributed by atoms with Crippen molar-refractivity contribution in [2.45, 2.75) is 25.8 Å². The fourth-order valence-corrected chi connectivity index (χ4v) is 2.44. The Morgan fingerprint density at radius 2 is 2.06 bits per heavy atom. The first kappa shape index (κ1) is 13.0. The van der Waals surface area contributed by atoms with Crippen molar-refractivity contribution in [3.63, 3.8) is 0 Å². The summed E-state index contributed by atoms with van der Waals surface area (Å²) < 4.78 is 0. The molecule has 1 aromatic carbocycles. The summed E-state index contributed by atoms with van der Waals surface area (Å²) in [6.45, 7) is 3.44. The Balaban J connectivity index is 2.16. The smallest absolute Gasteiger partial charge is 0.272 e. The van der Waals surface area contributed by atoms with Gasteiger partial charge in [-0.05, 0) is 44.5 Å². The molecule has 0 atom stereocenters. The fraction of sp³-hybridized carbons (Fsp3) is 0.538. The van der Waals surface area contributed by atoms with Crippen LogP contribution >= 0.6 is 0 Å². The molecule has 0 amide bonds. The van der Waals surface area contributed by atoms with Gasteiger partial charge in [0.15, 0.2) is 0 Å². The molecule has 5 nitrogen and oxygen atoms in total. The van der Waals surface area contributed by atoms with E-state index >= 15 is 0 Å². The summed E-state index contributed by atoms with van der Waals surface area (Å²) in [6.07, 6.45) is 3.01. The first-order valence-corrected chi connectivity index (χ1v) is 6.39. The van der Waals surface area contributed by atoms with Crippen LogP contribution < -0.4 is 5.73 Å². The minimum Gasteiger partial charge on any atom is -0.330 e. The monoisotopic (exact) mass is 249 g/mol. The van der Waals surface area contributed by atoms with Crippen molar-refractivity contribution in [2.75, 3.05) is 19.6 Å². The quantitative estimate of drug-likeness (QED) is 0.636. The van der Waals surface area contributed by atoms with Crippen molar-refractivity contribution in [2.24, 2.45) is 5.73 Å². The third-order valence-corrected chi connectivity index (χ3v) is 3.36. The molecular formula is C13H19N3O2.